The molecule has 2 saturated carbocycles. The van der Waals surface area contributed by atoms with Crippen molar-refractivity contribution >= 4 is 11.4 Å². The Morgan fingerprint density at radius 1 is 1.00 bits per heavy atom. The first-order valence-corrected chi connectivity index (χ1v) is 9.21. The molecule has 2 fully saturated rings. The van der Waals surface area contributed by atoms with E-state index in [1.165, 1.54) is 48.2 Å². The van der Waals surface area contributed by atoms with Crippen molar-refractivity contribution in [2.45, 2.75) is 66.2 Å². The molecule has 0 heterocycles. The van der Waals surface area contributed by atoms with E-state index >= 15 is 0 Å². The van der Waals surface area contributed by atoms with Crippen LogP contribution in [-0.4, -0.2) is 5.71 Å². The minimum Gasteiger partial charge on any atom is -0.257 e. The van der Waals surface area contributed by atoms with Crippen molar-refractivity contribution in [3.63, 3.8) is 0 Å². The maximum absolute atomic E-state index is 5.26. The highest BCUT2D eigenvalue weighted by molar-refractivity contribution is 5.92. The third-order valence-electron chi connectivity index (χ3n) is 5.23. The zero-order chi connectivity index (χ0) is 15.7. The van der Waals surface area contributed by atoms with Gasteiger partial charge in [-0.3, -0.25) is 4.99 Å². The number of hydrogen-bond donors (Lipinski definition) is 0. The Bertz CT molecular complexity index is 525. The average Bonchev–Trinajstić information content (AvgIpc) is 3.03. The quantitative estimate of drug-likeness (QED) is 0.634. The molecule has 2 atom stereocenters. The normalized spacial score (nSPS) is 25.8. The van der Waals surface area contributed by atoms with Crippen molar-refractivity contribution in [2.24, 2.45) is 28.7 Å². The number of para-hydroxylation sites is 1. The molecule has 0 aliphatic heterocycles. The van der Waals surface area contributed by atoms with Gasteiger partial charge in [-0.2, -0.15) is 0 Å². The Morgan fingerprint density at radius 2 is 1.64 bits per heavy atom. The van der Waals surface area contributed by atoms with Gasteiger partial charge in [0.05, 0.1) is 5.69 Å². The summed E-state index contributed by atoms with van der Waals surface area (Å²) in [6.45, 7) is 9.24. The zero-order valence-corrected chi connectivity index (χ0v) is 14.7. The van der Waals surface area contributed by atoms with Gasteiger partial charge in [-0.25, -0.2) is 0 Å². The summed E-state index contributed by atoms with van der Waals surface area (Å²) < 4.78 is 0. The molecule has 1 nitrogen and oxygen atoms in total. The first-order chi connectivity index (χ1) is 10.5. The fraction of sp³-hybridized carbons (Fsp3) is 0.667. The van der Waals surface area contributed by atoms with Crippen molar-refractivity contribution < 1.29 is 0 Å². The van der Waals surface area contributed by atoms with Gasteiger partial charge in [0.2, 0.25) is 0 Å². The molecule has 120 valence electrons. The van der Waals surface area contributed by atoms with Gasteiger partial charge >= 0.3 is 0 Å². The van der Waals surface area contributed by atoms with Crippen LogP contribution in [0.25, 0.3) is 0 Å². The molecule has 2 unspecified atom stereocenters. The average molecular weight is 297 g/mol. The van der Waals surface area contributed by atoms with Gasteiger partial charge in [-0.05, 0) is 73.3 Å². The molecular formula is C21H31N. The summed E-state index contributed by atoms with van der Waals surface area (Å²) in [5, 5.41) is 0. The summed E-state index contributed by atoms with van der Waals surface area (Å²) in [5.41, 5.74) is 5.76. The van der Waals surface area contributed by atoms with E-state index < -0.39 is 0 Å². The summed E-state index contributed by atoms with van der Waals surface area (Å²) in [4.78, 5) is 5.26. The highest BCUT2D eigenvalue weighted by Crippen LogP contribution is 2.44. The molecule has 0 radical (unpaired) electrons. The number of aliphatic imine (C=N–C) groups is 1. The molecule has 3 rings (SSSR count). The molecule has 0 saturated heterocycles. The van der Waals surface area contributed by atoms with Crippen LogP contribution < -0.4 is 0 Å². The first kappa shape index (κ1) is 15.8. The number of fused-ring (bicyclic) bond motifs is 2. The number of benzene rings is 1. The van der Waals surface area contributed by atoms with Crippen LogP contribution in [0, 0.1) is 23.7 Å². The monoisotopic (exact) mass is 297 g/mol. The molecule has 0 N–H and O–H groups in total. The van der Waals surface area contributed by atoms with E-state index in [2.05, 4.69) is 45.9 Å². The third kappa shape index (κ3) is 3.45. The van der Waals surface area contributed by atoms with Crippen molar-refractivity contribution in [1.29, 1.82) is 0 Å². The van der Waals surface area contributed by atoms with E-state index in [4.69, 9.17) is 4.99 Å². The maximum Gasteiger partial charge on any atom is 0.0693 e. The Hall–Kier alpha value is -1.11. The van der Waals surface area contributed by atoms with Crippen LogP contribution in [0.2, 0.25) is 0 Å². The number of nitrogens with zero attached hydrogens (tertiary/aromatic N) is 1. The van der Waals surface area contributed by atoms with Crippen LogP contribution in [0.15, 0.2) is 23.2 Å². The van der Waals surface area contributed by atoms with Gasteiger partial charge in [0.15, 0.2) is 0 Å². The third-order valence-corrected chi connectivity index (χ3v) is 5.23. The Kier molecular flexibility index (Phi) is 4.70. The molecule has 2 aliphatic carbocycles. The lowest BCUT2D eigenvalue weighted by molar-refractivity contribution is 0.591. The molecule has 2 aliphatic rings. The number of hydrogen-bond acceptors (Lipinski definition) is 1. The molecule has 0 amide bonds. The largest absolute Gasteiger partial charge is 0.257 e. The molecule has 1 heteroatoms. The number of rotatable bonds is 5. The maximum atomic E-state index is 5.26. The predicted molar refractivity (Wildman–Crippen MR) is 96.1 cm³/mol. The minimum atomic E-state index is 0.688. The van der Waals surface area contributed by atoms with Crippen molar-refractivity contribution in [3.8, 4) is 0 Å². The van der Waals surface area contributed by atoms with E-state index in [9.17, 15) is 0 Å². The van der Waals surface area contributed by atoms with Gasteiger partial charge < -0.3 is 0 Å². The van der Waals surface area contributed by atoms with Crippen LogP contribution in [0.3, 0.4) is 0 Å². The predicted octanol–water partition coefficient (Wildman–Crippen LogP) is 5.98. The summed E-state index contributed by atoms with van der Waals surface area (Å²) in [7, 11) is 0. The lowest BCUT2D eigenvalue weighted by Crippen LogP contribution is -2.09. The summed E-state index contributed by atoms with van der Waals surface area (Å²) in [6.07, 6.45) is 7.79. The van der Waals surface area contributed by atoms with Crippen LogP contribution >= 0.6 is 0 Å². The standard InChI is InChI=1S/C21H31N/c1-14(2)10-18-6-5-7-19(11-15(3)4)21(18)22-20-13-16-8-9-17(20)12-16/h5-7,14-17H,8-13H2,1-4H3/b22-20-. The van der Waals surface area contributed by atoms with Crippen molar-refractivity contribution in [1.82, 2.24) is 0 Å². The summed E-state index contributed by atoms with van der Waals surface area (Å²) in [6, 6.07) is 6.84. The molecule has 22 heavy (non-hydrogen) atoms. The second kappa shape index (κ2) is 6.56. The zero-order valence-electron chi connectivity index (χ0n) is 14.7. The first-order valence-electron chi connectivity index (χ1n) is 9.21. The fourth-order valence-electron chi connectivity index (χ4n) is 4.30. The second-order valence-electron chi connectivity index (χ2n) is 8.30. The highest BCUT2D eigenvalue weighted by atomic mass is 14.8. The van der Waals surface area contributed by atoms with E-state index in [1.807, 2.05) is 0 Å². The molecule has 1 aromatic carbocycles. The SMILES string of the molecule is CC(C)Cc1cccc(CC(C)C)c1/N=C1/CC2CCC1C2. The molecule has 1 aromatic rings. The van der Waals surface area contributed by atoms with Crippen molar-refractivity contribution in [3.05, 3.63) is 29.3 Å². The highest BCUT2D eigenvalue weighted by Gasteiger charge is 2.36. The Morgan fingerprint density at radius 3 is 2.09 bits per heavy atom. The van der Waals surface area contributed by atoms with Crippen LogP contribution in [-0.2, 0) is 12.8 Å². The minimum absolute atomic E-state index is 0.688. The Balaban J connectivity index is 1.96. The van der Waals surface area contributed by atoms with E-state index in [-0.39, 0.29) is 0 Å². The molecule has 0 aromatic heterocycles. The van der Waals surface area contributed by atoms with Crippen LogP contribution in [0.4, 0.5) is 5.69 Å². The van der Waals surface area contributed by atoms with Gasteiger partial charge in [0.1, 0.15) is 0 Å². The van der Waals surface area contributed by atoms with Crippen molar-refractivity contribution in [2.75, 3.05) is 0 Å². The molecular weight excluding hydrogens is 266 g/mol. The van der Waals surface area contributed by atoms with Crippen LogP contribution in [0.5, 0.6) is 0 Å². The fourth-order valence-corrected chi connectivity index (χ4v) is 4.30. The topological polar surface area (TPSA) is 12.4 Å². The van der Waals surface area contributed by atoms with E-state index in [0.717, 1.165) is 24.7 Å². The molecule has 2 bridgehead atoms. The van der Waals surface area contributed by atoms with E-state index in [0.29, 0.717) is 11.8 Å². The summed E-state index contributed by atoms with van der Waals surface area (Å²) >= 11 is 0. The van der Waals surface area contributed by atoms with Gasteiger partial charge in [0.25, 0.3) is 0 Å². The van der Waals surface area contributed by atoms with E-state index in [1.54, 1.807) is 0 Å². The lowest BCUT2D eigenvalue weighted by atomic mass is 9.93. The smallest absolute Gasteiger partial charge is 0.0693 e. The van der Waals surface area contributed by atoms with Crippen LogP contribution in [0.1, 0.15) is 64.5 Å². The second-order valence-corrected chi connectivity index (χ2v) is 8.30. The Labute approximate surface area is 136 Å². The van der Waals surface area contributed by atoms with Gasteiger partial charge in [-0.15, -0.1) is 0 Å². The molecule has 0 spiro atoms. The van der Waals surface area contributed by atoms with Gasteiger partial charge in [-0.1, -0.05) is 45.9 Å². The lowest BCUT2D eigenvalue weighted by Gasteiger charge is -2.18. The summed E-state index contributed by atoms with van der Waals surface area (Å²) in [5.74, 6) is 3.11. The van der Waals surface area contributed by atoms with Gasteiger partial charge in [0, 0.05) is 5.71 Å².